The Kier molecular flexibility index (Phi) is 63.7. The fourth-order valence-corrected chi connectivity index (χ4v) is 14.6. The number of carbonyl (C=O) groups is 7. The fraction of sp³-hybridized carbons (Fsp3) is 0.882. The highest BCUT2D eigenvalue weighted by atomic mass is 16.8. The standard InChI is InChI=1S/C20H32O7.C18H32O10.C17H32O7.C15H28O6.C12H22O5.C11H20O6/c1-5-13(2)19(24)27-17-12-16(21)20(26-15(17)4)25-14(3)10-8-6-7-9-11-18(22)23;1-8(20)4-5-9(2)25-17-12(6-11(21)10(3)26-17)27-18-16(24)15(23)14(22)13(7-19)28-18;1-11(23-17-15(20)10-14(19)12(2)24-17)7-5-3-4-6-8-13(18)9-16(21)22;1-11-12(16)10-13(17)15(21-11)20-9-7-5-3-2-4-6-8-14(18)19;1-7(13)4-5-8(2)16-12-11(15)6-10(14)9(3)17-12;1-6(3-4-10(14)15)16-11-9(13)5-8(12)7(2)17-11/h5,9,11,14-17,20-21H,6-8,10,12H2,1-4H3,(H,22,23);9-19,21-24H,4-7H2,1-3H3;11-15,17-20H,3-10H2,1-2H3,(H,21,22);11-13,15-17H,2-10H2,1H3,(H,18,19);8-12,14-15H,4-6H2,1-3H3;6-9,11-13H,3-5H2,1-2H3,(H,14,15)/b11-9+,13-5+;;;;;/t14-,15?,16?,17-,20-;9-,10?,11-,12?,13?,14-,15+,16?,17-,18-;11-,12?,13?,14-,15?,17-;11?,12-,13?,15-;8-,9?,10-,11?,12-;6-,7?,8-,9?,11-/m111111/s1. The molecule has 7 aliphatic heterocycles. The molecule has 0 amide bonds. The molecule has 41 nitrogen and oxygen atoms in total. The first kappa shape index (κ1) is 125. The van der Waals surface area contributed by atoms with Crippen LogP contribution in [0.2, 0.25) is 0 Å². The molecule has 7 heterocycles. The molecule has 784 valence electrons. The molecule has 7 saturated heterocycles. The van der Waals surface area contributed by atoms with Crippen molar-refractivity contribution in [1.82, 2.24) is 0 Å². The van der Waals surface area contributed by atoms with Gasteiger partial charge in [0.05, 0.1) is 117 Å². The summed E-state index contributed by atoms with van der Waals surface area (Å²) >= 11 is 0. The molecule has 0 bridgehead atoms. The molecule has 7 aliphatic rings. The number of hydrogen-bond donors (Lipinski definition) is 19. The van der Waals surface area contributed by atoms with Gasteiger partial charge in [0.1, 0.15) is 78.7 Å². The SMILES string of the molecule is C/C=C(\C)C(=O)O[C@@H]1CC(O)[C@H](O[C@H](C)CCCC/C=C/C(=O)O)OC1C.CC(=O)CC[C@@H](C)O[C@@H]1OC(C)[C@H](O)CC1O.CC(=O)CC[C@@H](C)O[C@@H]1OC(C)[C@H](O)CC1O[C@@H]1OC(CO)[C@@H](O)[C@H](O)C1O.CC1O[C@@H](OCCCCCCCCC(=O)O)C(O)C[C@H]1O.CC1O[C@@H](O[C@H](C)CCC(=O)O)C(O)C[C@H]1O.CC1O[C@@H](O[C@H](C)CCCCCCC(O)CC(=O)O)C(O)C[C@H]1O. The number of allylic oxidation sites excluding steroid dienone is 2. The molecule has 19 N–H and O–H groups in total. The van der Waals surface area contributed by atoms with Crippen LogP contribution in [0.4, 0.5) is 0 Å². The van der Waals surface area contributed by atoms with Gasteiger partial charge >= 0.3 is 29.8 Å². The predicted molar refractivity (Wildman–Crippen MR) is 478 cm³/mol. The monoisotopic (exact) mass is 1940 g/mol. The molecule has 35 atom stereocenters. The van der Waals surface area contributed by atoms with Crippen molar-refractivity contribution in [3.05, 3.63) is 23.8 Å². The van der Waals surface area contributed by atoms with Gasteiger partial charge in [-0.25, -0.2) is 9.59 Å². The van der Waals surface area contributed by atoms with Gasteiger partial charge < -0.3 is 178 Å². The number of hydrogen-bond acceptors (Lipinski definition) is 37. The van der Waals surface area contributed by atoms with Crippen LogP contribution in [0.1, 0.15) is 296 Å². The molecular weight excluding hydrogens is 1770 g/mol. The number of ether oxygens (including phenoxy) is 15. The predicted octanol–water partition coefficient (Wildman–Crippen LogP) is 5.24. The Morgan fingerprint density at radius 3 is 1.15 bits per heavy atom. The van der Waals surface area contributed by atoms with E-state index >= 15 is 0 Å². The number of carboxylic acid groups (broad SMARTS) is 4. The topological polar surface area (TPSA) is 642 Å². The fourth-order valence-electron chi connectivity index (χ4n) is 14.6. The molecule has 7 rings (SSSR count). The molecule has 0 aromatic heterocycles. The van der Waals surface area contributed by atoms with Crippen LogP contribution in [0.15, 0.2) is 23.8 Å². The maximum absolute atomic E-state index is 11.9. The molecular formula is C93H166O41. The minimum absolute atomic E-state index is 0.0160. The number of aliphatic hydroxyl groups is 15. The van der Waals surface area contributed by atoms with Gasteiger partial charge in [-0.1, -0.05) is 69.9 Å². The van der Waals surface area contributed by atoms with E-state index in [1.807, 2.05) is 20.8 Å². The van der Waals surface area contributed by atoms with Crippen LogP contribution < -0.4 is 0 Å². The van der Waals surface area contributed by atoms with Gasteiger partial charge in [0, 0.05) is 82.5 Å². The van der Waals surface area contributed by atoms with E-state index in [2.05, 4.69) is 0 Å². The maximum Gasteiger partial charge on any atom is 0.333 e. The first-order valence-electron chi connectivity index (χ1n) is 47.6. The molecule has 0 saturated carbocycles. The average molecular weight is 1940 g/mol. The summed E-state index contributed by atoms with van der Waals surface area (Å²) in [6.45, 7) is 26.1. The quantitative estimate of drug-likeness (QED) is 0.0210. The third kappa shape index (κ3) is 52.5. The van der Waals surface area contributed by atoms with E-state index in [0.717, 1.165) is 96.0 Å². The van der Waals surface area contributed by atoms with Crippen LogP contribution in [0.5, 0.6) is 0 Å². The van der Waals surface area contributed by atoms with E-state index in [9.17, 15) is 110 Å². The van der Waals surface area contributed by atoms with Crippen LogP contribution >= 0.6 is 0 Å². The summed E-state index contributed by atoms with van der Waals surface area (Å²) in [7, 11) is 0. The molecule has 0 aromatic rings. The Bertz CT molecular complexity index is 3210. The highest BCUT2D eigenvalue weighted by Gasteiger charge is 2.49. The van der Waals surface area contributed by atoms with Gasteiger partial charge in [-0.2, -0.15) is 0 Å². The molecule has 0 aliphatic carbocycles. The van der Waals surface area contributed by atoms with E-state index in [1.165, 1.54) is 13.8 Å². The number of Topliss-reactive ketones (excluding diaryl/α,β-unsaturated/α-hetero) is 2. The largest absolute Gasteiger partial charge is 0.481 e. The second-order valence-electron chi connectivity index (χ2n) is 36.2. The summed E-state index contributed by atoms with van der Waals surface area (Å²) in [6.07, 6.45) is -2.37. The first-order valence-corrected chi connectivity index (χ1v) is 47.6. The Morgan fingerprint density at radius 1 is 0.366 bits per heavy atom. The number of esters is 1. The Morgan fingerprint density at radius 2 is 0.724 bits per heavy atom. The number of carbonyl (C=O) groups excluding carboxylic acids is 3. The van der Waals surface area contributed by atoms with Crippen molar-refractivity contribution in [3.8, 4) is 0 Å². The second kappa shape index (κ2) is 68.2. The van der Waals surface area contributed by atoms with Crippen molar-refractivity contribution >= 4 is 41.4 Å². The van der Waals surface area contributed by atoms with E-state index in [4.69, 9.17) is 91.5 Å². The number of aliphatic hydroxyl groups excluding tert-OH is 15. The molecule has 41 heteroatoms. The van der Waals surface area contributed by atoms with Crippen LogP contribution in [0.25, 0.3) is 0 Å². The van der Waals surface area contributed by atoms with Gasteiger partial charge in [0.2, 0.25) is 0 Å². The number of carboxylic acids is 4. The smallest absolute Gasteiger partial charge is 0.333 e. The minimum Gasteiger partial charge on any atom is -0.481 e. The Labute approximate surface area is 788 Å². The maximum atomic E-state index is 11.9. The Hall–Kier alpha value is -4.99. The Balaban J connectivity index is 0.000000549. The number of unbranched alkanes of at least 4 members (excludes halogenated alkanes) is 10. The normalized spacial score (nSPS) is 33.5. The highest BCUT2D eigenvalue weighted by Crippen LogP contribution is 2.33. The van der Waals surface area contributed by atoms with Crippen molar-refractivity contribution in [1.29, 1.82) is 0 Å². The molecule has 15 unspecified atom stereocenters. The minimum atomic E-state index is -1.57. The lowest BCUT2D eigenvalue weighted by molar-refractivity contribution is -0.352. The van der Waals surface area contributed by atoms with Gasteiger partial charge in [-0.05, 0) is 168 Å². The van der Waals surface area contributed by atoms with Gasteiger partial charge in [-0.15, -0.1) is 0 Å². The third-order valence-electron chi connectivity index (χ3n) is 23.5. The summed E-state index contributed by atoms with van der Waals surface area (Å²) < 4.78 is 83.3. The van der Waals surface area contributed by atoms with E-state index in [0.29, 0.717) is 57.1 Å². The van der Waals surface area contributed by atoms with Gasteiger partial charge in [0.15, 0.2) is 44.0 Å². The van der Waals surface area contributed by atoms with Crippen LogP contribution in [-0.4, -0.2) is 367 Å². The zero-order valence-corrected chi connectivity index (χ0v) is 81.0. The summed E-state index contributed by atoms with van der Waals surface area (Å²) in [5, 5.41) is 180. The number of rotatable bonds is 49. The van der Waals surface area contributed by atoms with Crippen molar-refractivity contribution in [2.24, 2.45) is 0 Å². The van der Waals surface area contributed by atoms with Crippen molar-refractivity contribution < 1.29 is 202 Å². The molecule has 7 fully saturated rings. The van der Waals surface area contributed by atoms with Gasteiger partial charge in [-0.3, -0.25) is 14.4 Å². The van der Waals surface area contributed by atoms with Crippen molar-refractivity contribution in [2.75, 3.05) is 13.2 Å². The average Bonchev–Trinajstić information content (AvgIpc) is 0.796. The zero-order chi connectivity index (χ0) is 101. The summed E-state index contributed by atoms with van der Waals surface area (Å²) in [6, 6.07) is 0. The van der Waals surface area contributed by atoms with Crippen LogP contribution in [0, 0.1) is 0 Å². The van der Waals surface area contributed by atoms with Crippen LogP contribution in [-0.2, 0) is 105 Å². The van der Waals surface area contributed by atoms with E-state index in [1.54, 1.807) is 81.4 Å². The van der Waals surface area contributed by atoms with Crippen molar-refractivity contribution in [3.63, 3.8) is 0 Å². The molecule has 0 spiro atoms. The summed E-state index contributed by atoms with van der Waals surface area (Å²) in [4.78, 5) is 75.4. The van der Waals surface area contributed by atoms with E-state index in [-0.39, 0.29) is 124 Å². The molecule has 0 radical (unpaired) electrons. The van der Waals surface area contributed by atoms with Gasteiger partial charge in [0.25, 0.3) is 0 Å². The van der Waals surface area contributed by atoms with E-state index < -0.39 is 196 Å². The zero-order valence-electron chi connectivity index (χ0n) is 81.0. The number of ketones is 2. The van der Waals surface area contributed by atoms with Crippen LogP contribution in [0.3, 0.4) is 0 Å². The molecule has 134 heavy (non-hydrogen) atoms. The summed E-state index contributed by atoms with van der Waals surface area (Å²) in [5.41, 5.74) is 0.516. The first-order chi connectivity index (χ1) is 63.0. The summed E-state index contributed by atoms with van der Waals surface area (Å²) in [5.74, 6) is -3.76. The number of aliphatic carboxylic acids is 4. The lowest BCUT2D eigenvalue weighted by Gasteiger charge is -2.44. The highest BCUT2D eigenvalue weighted by molar-refractivity contribution is 5.87. The van der Waals surface area contributed by atoms with Crippen molar-refractivity contribution in [2.45, 2.75) is 511 Å². The lowest BCUT2D eigenvalue weighted by Crippen LogP contribution is -2.61. The lowest BCUT2D eigenvalue weighted by atomic mass is 9.98. The molecule has 0 aromatic carbocycles. The third-order valence-corrected chi connectivity index (χ3v) is 23.5. The second-order valence-corrected chi connectivity index (χ2v) is 36.2.